The van der Waals surface area contributed by atoms with Crippen molar-refractivity contribution in [3.63, 3.8) is 0 Å². The van der Waals surface area contributed by atoms with Crippen molar-refractivity contribution in [3.8, 4) is 40.1 Å². The maximum absolute atomic E-state index is 13.2. The van der Waals surface area contributed by atoms with Gasteiger partial charge in [0.2, 0.25) is 17.5 Å². The summed E-state index contributed by atoms with van der Waals surface area (Å²) in [7, 11) is 0. The Labute approximate surface area is 184 Å². The molecule has 1 aliphatic heterocycles. The van der Waals surface area contributed by atoms with E-state index in [0.29, 0.717) is 0 Å². The van der Waals surface area contributed by atoms with E-state index in [0.717, 1.165) is 24.3 Å². The second-order valence-electron chi connectivity index (χ2n) is 7.45. The number of fused-ring (bicyclic) bond motifs is 1. The zero-order chi connectivity index (χ0) is 24.0. The molecular formula is C21H20O12. The van der Waals surface area contributed by atoms with Gasteiger partial charge in [0.05, 0.1) is 6.61 Å². The van der Waals surface area contributed by atoms with Crippen molar-refractivity contribution in [2.75, 3.05) is 6.61 Å². The lowest BCUT2D eigenvalue weighted by Gasteiger charge is -2.39. The predicted molar refractivity (Wildman–Crippen MR) is 109 cm³/mol. The topological polar surface area (TPSA) is 211 Å². The first-order chi connectivity index (χ1) is 15.6. The lowest BCUT2D eigenvalue weighted by atomic mass is 9.99. The van der Waals surface area contributed by atoms with Crippen molar-refractivity contribution in [2.24, 2.45) is 0 Å². The zero-order valence-corrected chi connectivity index (χ0v) is 16.7. The minimum atomic E-state index is -1.85. The highest BCUT2D eigenvalue weighted by molar-refractivity contribution is 5.88. The van der Waals surface area contributed by atoms with Gasteiger partial charge in [0.1, 0.15) is 46.9 Å². The van der Waals surface area contributed by atoms with E-state index in [-0.39, 0.29) is 22.3 Å². The Bertz CT molecular complexity index is 1250. The zero-order valence-electron chi connectivity index (χ0n) is 16.7. The second-order valence-corrected chi connectivity index (χ2v) is 7.45. The Kier molecular flexibility index (Phi) is 5.78. The van der Waals surface area contributed by atoms with E-state index in [1.54, 1.807) is 0 Å². The van der Waals surface area contributed by atoms with E-state index in [2.05, 4.69) is 0 Å². The smallest absolute Gasteiger partial charge is 0.239 e. The van der Waals surface area contributed by atoms with Crippen LogP contribution in [0.5, 0.6) is 28.7 Å². The molecule has 4 rings (SSSR count). The molecule has 1 aliphatic rings. The number of aromatic hydroxyl groups is 4. The maximum Gasteiger partial charge on any atom is 0.239 e. The number of phenols is 4. The van der Waals surface area contributed by atoms with Crippen molar-refractivity contribution in [3.05, 3.63) is 40.6 Å². The number of hydrogen-bond donors (Lipinski definition) is 8. The second kappa shape index (κ2) is 8.42. The fourth-order valence-corrected chi connectivity index (χ4v) is 3.51. The Morgan fingerprint density at radius 2 is 1.61 bits per heavy atom. The van der Waals surface area contributed by atoms with E-state index in [9.17, 15) is 45.6 Å². The molecule has 5 atom stereocenters. The fraction of sp³-hybridized carbons (Fsp3) is 0.286. The molecule has 8 N–H and O–H groups in total. The highest BCUT2D eigenvalue weighted by Gasteiger charge is 2.45. The van der Waals surface area contributed by atoms with E-state index >= 15 is 0 Å². The van der Waals surface area contributed by atoms with E-state index in [1.807, 2.05) is 0 Å². The van der Waals surface area contributed by atoms with Gasteiger partial charge in [-0.1, -0.05) is 0 Å². The average Bonchev–Trinajstić information content (AvgIpc) is 2.76. The van der Waals surface area contributed by atoms with Crippen molar-refractivity contribution in [1.29, 1.82) is 0 Å². The van der Waals surface area contributed by atoms with Gasteiger partial charge in [-0.3, -0.25) is 4.79 Å². The van der Waals surface area contributed by atoms with Gasteiger partial charge >= 0.3 is 0 Å². The van der Waals surface area contributed by atoms with Gasteiger partial charge < -0.3 is 54.7 Å². The van der Waals surface area contributed by atoms with Gasteiger partial charge in [-0.2, -0.15) is 0 Å². The number of rotatable bonds is 4. The highest BCUT2D eigenvalue weighted by atomic mass is 16.7. The number of hydrogen-bond acceptors (Lipinski definition) is 12. The first-order valence-electron chi connectivity index (χ1n) is 9.64. The summed E-state index contributed by atoms with van der Waals surface area (Å²) < 4.78 is 16.5. The Balaban J connectivity index is 1.91. The van der Waals surface area contributed by atoms with Gasteiger partial charge in [-0.15, -0.1) is 0 Å². The molecule has 33 heavy (non-hydrogen) atoms. The van der Waals surface area contributed by atoms with Crippen LogP contribution in [0.1, 0.15) is 0 Å². The van der Waals surface area contributed by atoms with Crippen LogP contribution in [0.15, 0.2) is 39.5 Å². The highest BCUT2D eigenvalue weighted by Crippen LogP contribution is 2.39. The molecule has 176 valence electrons. The van der Waals surface area contributed by atoms with Gasteiger partial charge in [0, 0.05) is 17.7 Å². The summed E-state index contributed by atoms with van der Waals surface area (Å²) in [6.45, 7) is -0.740. The number of benzene rings is 2. The molecule has 0 unspecified atom stereocenters. The first-order valence-corrected chi connectivity index (χ1v) is 9.64. The van der Waals surface area contributed by atoms with Crippen molar-refractivity contribution < 1.29 is 54.7 Å². The summed E-state index contributed by atoms with van der Waals surface area (Å²) >= 11 is 0. The Morgan fingerprint density at radius 3 is 2.27 bits per heavy atom. The molecule has 1 saturated heterocycles. The first kappa shape index (κ1) is 22.6. The molecule has 12 heteroatoms. The fourth-order valence-electron chi connectivity index (χ4n) is 3.51. The molecule has 3 aromatic rings. The summed E-state index contributed by atoms with van der Waals surface area (Å²) in [6, 6.07) is 5.36. The minimum Gasteiger partial charge on any atom is -0.508 e. The van der Waals surface area contributed by atoms with Crippen LogP contribution < -0.4 is 10.2 Å². The van der Waals surface area contributed by atoms with Gasteiger partial charge in [0.25, 0.3) is 0 Å². The molecule has 0 radical (unpaired) electrons. The summed E-state index contributed by atoms with van der Waals surface area (Å²) in [5.41, 5.74) is -1.19. The lowest BCUT2D eigenvalue weighted by Crippen LogP contribution is -2.60. The number of phenolic OH excluding ortho intramolecular Hbond substituents is 4. The Morgan fingerprint density at radius 1 is 0.879 bits per heavy atom. The largest absolute Gasteiger partial charge is 0.508 e. The van der Waals surface area contributed by atoms with E-state index in [1.165, 1.54) is 6.07 Å². The number of ether oxygens (including phenoxy) is 2. The van der Waals surface area contributed by atoms with Crippen LogP contribution in [0.25, 0.3) is 22.3 Å². The monoisotopic (exact) mass is 464 g/mol. The average molecular weight is 464 g/mol. The van der Waals surface area contributed by atoms with Crippen LogP contribution in [0.3, 0.4) is 0 Å². The third-order valence-corrected chi connectivity index (χ3v) is 5.24. The van der Waals surface area contributed by atoms with Crippen LogP contribution in [0.4, 0.5) is 0 Å². The van der Waals surface area contributed by atoms with Crippen LogP contribution in [-0.2, 0) is 4.74 Å². The predicted octanol–water partition coefficient (Wildman–Crippen LogP) is -0.539. The van der Waals surface area contributed by atoms with Gasteiger partial charge in [-0.05, 0) is 18.2 Å². The van der Waals surface area contributed by atoms with Crippen LogP contribution in [0, 0.1) is 0 Å². The van der Waals surface area contributed by atoms with Crippen LogP contribution >= 0.6 is 0 Å². The number of aliphatic hydroxyl groups excluding tert-OH is 4. The molecule has 0 amide bonds. The lowest BCUT2D eigenvalue weighted by molar-refractivity contribution is -0.277. The molecule has 0 saturated carbocycles. The summed E-state index contributed by atoms with van der Waals surface area (Å²) in [6.07, 6.45) is -8.40. The van der Waals surface area contributed by atoms with E-state index < -0.39 is 71.5 Å². The third-order valence-electron chi connectivity index (χ3n) is 5.24. The van der Waals surface area contributed by atoms with Crippen molar-refractivity contribution >= 4 is 11.0 Å². The third kappa shape index (κ3) is 3.90. The molecule has 2 heterocycles. The standard InChI is InChI=1S/C21H20O12/c22-6-13-15(27)17(29)18(30)21(32-13)33-20-16(28)14-11(26)4-8(23)5-12(14)31-19(20)7-1-2-9(24)10(25)3-7/h1-5,13,15,17-18,21-27,29-30H,6H2/t13-,15-,17-,18-,21+/m0/s1. The molecule has 1 fully saturated rings. The molecule has 12 nitrogen and oxygen atoms in total. The summed E-state index contributed by atoms with van der Waals surface area (Å²) in [4.78, 5) is 13.2. The van der Waals surface area contributed by atoms with Gasteiger partial charge in [-0.25, -0.2) is 0 Å². The van der Waals surface area contributed by atoms with E-state index in [4.69, 9.17) is 13.9 Å². The van der Waals surface area contributed by atoms with Crippen molar-refractivity contribution in [2.45, 2.75) is 30.7 Å². The summed E-state index contributed by atoms with van der Waals surface area (Å²) in [5, 5.41) is 78.7. The number of aliphatic hydroxyl groups is 4. The molecule has 0 bridgehead atoms. The Hall–Kier alpha value is -3.55. The molecule has 1 aromatic heterocycles. The minimum absolute atomic E-state index is 0.0201. The van der Waals surface area contributed by atoms with Crippen molar-refractivity contribution in [1.82, 2.24) is 0 Å². The molecular weight excluding hydrogens is 444 g/mol. The molecule has 0 aliphatic carbocycles. The normalized spacial score (nSPS) is 25.3. The SMILES string of the molecule is O=c1c(O[C@H]2O[C@@H](CO)[C@H](O)[C@H](O)[C@@H]2O)c(-c2ccc(O)c(O)c2)oc2cc(O)cc(O)c12. The van der Waals surface area contributed by atoms with Crippen LogP contribution in [0.2, 0.25) is 0 Å². The molecule has 2 aromatic carbocycles. The quantitative estimate of drug-likeness (QED) is 0.229. The maximum atomic E-state index is 13.2. The summed E-state index contributed by atoms with van der Waals surface area (Å²) in [5.74, 6) is -3.05. The molecule has 0 spiro atoms. The van der Waals surface area contributed by atoms with Gasteiger partial charge in [0.15, 0.2) is 17.3 Å². The van der Waals surface area contributed by atoms with Crippen LogP contribution in [-0.4, -0.2) is 78.2 Å².